The first-order chi connectivity index (χ1) is 16.0. The smallest absolute Gasteiger partial charge is 0.321 e. The van der Waals surface area contributed by atoms with E-state index >= 15 is 0 Å². The average Bonchev–Trinajstić information content (AvgIpc) is 2.86. The second-order valence-electron chi connectivity index (χ2n) is 7.81. The number of para-hydroxylation sites is 2. The predicted molar refractivity (Wildman–Crippen MR) is 124 cm³/mol. The van der Waals surface area contributed by atoms with E-state index in [0.29, 0.717) is 36.8 Å². The highest BCUT2D eigenvalue weighted by atomic mass is 16.5. The number of methoxy groups -OCH3 is 2. The molecule has 0 aliphatic carbocycles. The van der Waals surface area contributed by atoms with Crippen LogP contribution in [0.1, 0.15) is 18.4 Å². The van der Waals surface area contributed by atoms with Crippen molar-refractivity contribution in [2.45, 2.75) is 19.4 Å². The van der Waals surface area contributed by atoms with Crippen molar-refractivity contribution >= 4 is 23.5 Å². The van der Waals surface area contributed by atoms with Crippen LogP contribution >= 0.6 is 0 Å². The summed E-state index contributed by atoms with van der Waals surface area (Å²) in [7, 11) is 3.13. The first kappa shape index (κ1) is 23.9. The van der Waals surface area contributed by atoms with Crippen LogP contribution in [0.4, 0.5) is 10.5 Å². The number of ether oxygens (including phenoxy) is 2. The van der Waals surface area contributed by atoms with Gasteiger partial charge >= 0.3 is 17.8 Å². The Kier molecular flexibility index (Phi) is 8.51. The molecule has 1 aliphatic heterocycles. The molecule has 0 spiro atoms. The van der Waals surface area contributed by atoms with Gasteiger partial charge in [-0.1, -0.05) is 24.3 Å². The Labute approximate surface area is 193 Å². The zero-order chi connectivity index (χ0) is 23.6. The fourth-order valence-corrected chi connectivity index (χ4v) is 3.64. The molecule has 9 nitrogen and oxygen atoms in total. The summed E-state index contributed by atoms with van der Waals surface area (Å²) in [4.78, 5) is 38.5. The van der Waals surface area contributed by atoms with Gasteiger partial charge in [-0.3, -0.25) is 9.59 Å². The number of rotatable bonds is 7. The molecule has 0 unspecified atom stereocenters. The van der Waals surface area contributed by atoms with Gasteiger partial charge < -0.3 is 30.3 Å². The standard InChI is InChI=1S/C24H30N4O5/c1-32-19-7-5-6-18(14-19)16-26-23(30)22(29)25-15-17-10-12-28(13-11-17)24(31)27-20-8-3-4-9-21(20)33-2/h3-9,14,17H,10-13,15-16H2,1-2H3,(H,25,29)(H,26,30)(H,27,31). The number of anilines is 1. The van der Waals surface area contributed by atoms with Crippen LogP contribution in [0.2, 0.25) is 0 Å². The lowest BCUT2D eigenvalue weighted by molar-refractivity contribution is -0.139. The lowest BCUT2D eigenvalue weighted by Crippen LogP contribution is -2.45. The van der Waals surface area contributed by atoms with Crippen molar-refractivity contribution < 1.29 is 23.9 Å². The summed E-state index contributed by atoms with van der Waals surface area (Å²) in [5.41, 5.74) is 1.47. The van der Waals surface area contributed by atoms with Gasteiger partial charge in [-0.05, 0) is 48.6 Å². The van der Waals surface area contributed by atoms with E-state index < -0.39 is 11.8 Å². The van der Waals surface area contributed by atoms with E-state index in [1.165, 1.54) is 0 Å². The molecular formula is C24H30N4O5. The maximum Gasteiger partial charge on any atom is 0.321 e. The molecule has 3 rings (SSSR count). The summed E-state index contributed by atoms with van der Waals surface area (Å²) in [6, 6.07) is 14.4. The maximum atomic E-state index is 12.6. The number of nitrogens with one attached hydrogen (secondary N) is 3. The van der Waals surface area contributed by atoms with E-state index in [0.717, 1.165) is 18.4 Å². The van der Waals surface area contributed by atoms with E-state index in [-0.39, 0.29) is 18.5 Å². The fourth-order valence-electron chi connectivity index (χ4n) is 3.64. The Morgan fingerprint density at radius 3 is 2.39 bits per heavy atom. The van der Waals surface area contributed by atoms with Crippen molar-refractivity contribution in [3.8, 4) is 11.5 Å². The Morgan fingerprint density at radius 1 is 0.939 bits per heavy atom. The Hall–Kier alpha value is -3.75. The van der Waals surface area contributed by atoms with Gasteiger partial charge in [0.05, 0.1) is 19.9 Å². The topological polar surface area (TPSA) is 109 Å². The first-order valence-corrected chi connectivity index (χ1v) is 10.9. The number of piperidine rings is 1. The molecule has 0 atom stereocenters. The molecule has 1 saturated heterocycles. The lowest BCUT2D eigenvalue weighted by Gasteiger charge is -2.32. The van der Waals surface area contributed by atoms with Gasteiger partial charge in [0.2, 0.25) is 0 Å². The van der Waals surface area contributed by atoms with Gasteiger partial charge in [0, 0.05) is 26.2 Å². The molecule has 1 aliphatic rings. The Bertz CT molecular complexity index is 973. The molecule has 33 heavy (non-hydrogen) atoms. The molecule has 176 valence electrons. The first-order valence-electron chi connectivity index (χ1n) is 10.9. The summed E-state index contributed by atoms with van der Waals surface area (Å²) in [5.74, 6) is 0.165. The zero-order valence-electron chi connectivity index (χ0n) is 18.9. The van der Waals surface area contributed by atoms with E-state index in [4.69, 9.17) is 9.47 Å². The summed E-state index contributed by atoms with van der Waals surface area (Å²) in [6.45, 7) is 1.78. The Balaban J connectivity index is 1.37. The number of carbonyl (C=O) groups excluding carboxylic acids is 3. The average molecular weight is 455 g/mol. The van der Waals surface area contributed by atoms with Gasteiger partial charge in [0.1, 0.15) is 11.5 Å². The monoisotopic (exact) mass is 454 g/mol. The normalized spacial score (nSPS) is 13.7. The maximum absolute atomic E-state index is 12.6. The number of hydrogen-bond acceptors (Lipinski definition) is 5. The number of hydrogen-bond donors (Lipinski definition) is 3. The van der Waals surface area contributed by atoms with Crippen LogP contribution in [0.15, 0.2) is 48.5 Å². The Morgan fingerprint density at radius 2 is 1.67 bits per heavy atom. The highest BCUT2D eigenvalue weighted by Gasteiger charge is 2.24. The molecule has 4 amide bonds. The van der Waals surface area contributed by atoms with Crippen LogP contribution in [-0.4, -0.2) is 56.6 Å². The van der Waals surface area contributed by atoms with Gasteiger partial charge in [0.15, 0.2) is 0 Å². The van der Waals surface area contributed by atoms with E-state index in [1.54, 1.807) is 37.3 Å². The largest absolute Gasteiger partial charge is 0.497 e. The summed E-state index contributed by atoms with van der Waals surface area (Å²) >= 11 is 0. The van der Waals surface area contributed by atoms with Gasteiger partial charge in [-0.2, -0.15) is 0 Å². The molecule has 3 N–H and O–H groups in total. The van der Waals surface area contributed by atoms with Crippen molar-refractivity contribution in [2.24, 2.45) is 5.92 Å². The van der Waals surface area contributed by atoms with Gasteiger partial charge in [-0.15, -0.1) is 0 Å². The molecule has 0 aromatic heterocycles. The number of benzene rings is 2. The lowest BCUT2D eigenvalue weighted by atomic mass is 9.97. The quantitative estimate of drug-likeness (QED) is 0.557. The van der Waals surface area contributed by atoms with E-state index in [9.17, 15) is 14.4 Å². The van der Waals surface area contributed by atoms with Crippen LogP contribution in [0.25, 0.3) is 0 Å². The molecule has 2 aromatic rings. The minimum absolute atomic E-state index is 0.182. The number of amides is 4. The second kappa shape index (κ2) is 11.8. The molecule has 2 aromatic carbocycles. The zero-order valence-corrected chi connectivity index (χ0v) is 18.9. The van der Waals surface area contributed by atoms with Crippen LogP contribution < -0.4 is 25.4 Å². The number of carbonyl (C=O) groups is 3. The number of likely N-dealkylation sites (tertiary alicyclic amines) is 1. The predicted octanol–water partition coefficient (Wildman–Crippen LogP) is 2.38. The second-order valence-corrected chi connectivity index (χ2v) is 7.81. The van der Waals surface area contributed by atoms with Crippen molar-refractivity contribution in [3.05, 3.63) is 54.1 Å². The van der Waals surface area contributed by atoms with Crippen LogP contribution in [-0.2, 0) is 16.1 Å². The summed E-state index contributed by atoms with van der Waals surface area (Å²) < 4.78 is 10.4. The molecule has 0 radical (unpaired) electrons. The molecule has 0 bridgehead atoms. The molecule has 0 saturated carbocycles. The minimum Gasteiger partial charge on any atom is -0.497 e. The molecule has 9 heteroatoms. The van der Waals surface area contributed by atoms with Crippen molar-refractivity contribution in [3.63, 3.8) is 0 Å². The van der Waals surface area contributed by atoms with Crippen LogP contribution in [0.3, 0.4) is 0 Å². The van der Waals surface area contributed by atoms with E-state index in [1.807, 2.05) is 30.3 Å². The highest BCUT2D eigenvalue weighted by molar-refractivity contribution is 6.35. The third-order valence-corrected chi connectivity index (χ3v) is 5.60. The van der Waals surface area contributed by atoms with Gasteiger partial charge in [0.25, 0.3) is 0 Å². The summed E-state index contributed by atoms with van der Waals surface area (Å²) in [6.07, 6.45) is 1.48. The van der Waals surface area contributed by atoms with Crippen molar-refractivity contribution in [1.82, 2.24) is 15.5 Å². The highest BCUT2D eigenvalue weighted by Crippen LogP contribution is 2.24. The van der Waals surface area contributed by atoms with Crippen molar-refractivity contribution in [2.75, 3.05) is 39.2 Å². The fraction of sp³-hybridized carbons (Fsp3) is 0.375. The van der Waals surface area contributed by atoms with Crippen LogP contribution in [0.5, 0.6) is 11.5 Å². The third kappa shape index (κ3) is 6.86. The minimum atomic E-state index is -0.675. The van der Waals surface area contributed by atoms with Gasteiger partial charge in [-0.25, -0.2) is 4.79 Å². The molecule has 1 fully saturated rings. The van der Waals surface area contributed by atoms with Crippen molar-refractivity contribution in [1.29, 1.82) is 0 Å². The number of nitrogens with zero attached hydrogens (tertiary/aromatic N) is 1. The third-order valence-electron chi connectivity index (χ3n) is 5.60. The SMILES string of the molecule is COc1cccc(CNC(=O)C(=O)NCC2CCN(C(=O)Nc3ccccc3OC)CC2)c1. The molecule has 1 heterocycles. The summed E-state index contributed by atoms with van der Waals surface area (Å²) in [5, 5.41) is 8.19. The molecular weight excluding hydrogens is 424 g/mol. The van der Waals surface area contributed by atoms with Crippen LogP contribution in [0, 0.1) is 5.92 Å². The number of urea groups is 1. The van der Waals surface area contributed by atoms with E-state index in [2.05, 4.69) is 16.0 Å².